The van der Waals surface area contributed by atoms with Gasteiger partial charge in [-0.15, -0.1) is 0 Å². The van der Waals surface area contributed by atoms with Crippen LogP contribution in [0.25, 0.3) is 0 Å². The molecule has 0 N–H and O–H groups in total. The Morgan fingerprint density at radius 2 is 1.81 bits per heavy atom. The molecule has 0 aromatic rings. The van der Waals surface area contributed by atoms with Gasteiger partial charge in [-0.1, -0.05) is 20.8 Å². The first-order valence-electron chi connectivity index (χ1n) is 5.69. The van der Waals surface area contributed by atoms with E-state index in [2.05, 4.69) is 20.8 Å². The van der Waals surface area contributed by atoms with Gasteiger partial charge in [0.25, 0.3) is 0 Å². The number of rotatable bonds is 2. The van der Waals surface area contributed by atoms with E-state index in [1.54, 1.807) is 19.9 Å². The van der Waals surface area contributed by atoms with Crippen molar-refractivity contribution in [2.24, 2.45) is 5.41 Å². The average molecular weight is 222 g/mol. The molecule has 0 amide bonds. The van der Waals surface area contributed by atoms with Crippen molar-refractivity contribution in [1.29, 1.82) is 0 Å². The molecule has 16 heavy (non-hydrogen) atoms. The lowest BCUT2D eigenvalue weighted by molar-refractivity contribution is 0.0998. The average Bonchev–Trinajstić information content (AvgIpc) is 2.04. The van der Waals surface area contributed by atoms with Crippen LogP contribution < -0.4 is 0 Å². The molecule has 0 aromatic heterocycles. The first kappa shape index (κ1) is 13.3. The van der Waals surface area contributed by atoms with E-state index in [9.17, 15) is 4.39 Å². The number of hydrogen-bond acceptors (Lipinski definition) is 1. The van der Waals surface area contributed by atoms with E-state index >= 15 is 0 Å². The lowest BCUT2D eigenvalue weighted by Gasteiger charge is -2.32. The van der Waals surface area contributed by atoms with Crippen LogP contribution in [-0.2, 0) is 4.74 Å². The zero-order valence-corrected chi connectivity index (χ0v) is 10.9. The summed E-state index contributed by atoms with van der Waals surface area (Å²) in [6.45, 7) is 9.64. The van der Waals surface area contributed by atoms with E-state index < -0.39 is 5.50 Å². The van der Waals surface area contributed by atoms with Gasteiger partial charge >= 0.3 is 0 Å². The van der Waals surface area contributed by atoms with E-state index in [0.717, 1.165) is 18.4 Å². The van der Waals surface area contributed by atoms with Crippen LogP contribution in [0.3, 0.4) is 0 Å². The molecule has 0 unspecified atom stereocenters. The van der Waals surface area contributed by atoms with Crippen molar-refractivity contribution in [1.82, 2.24) is 0 Å². The van der Waals surface area contributed by atoms with Gasteiger partial charge in [0.2, 0.25) is 0 Å². The highest BCUT2D eigenvalue weighted by atomic mass is 19.1. The Morgan fingerprint density at radius 3 is 2.25 bits per heavy atom. The molecule has 0 spiro atoms. The molecule has 0 fully saturated rings. The van der Waals surface area contributed by atoms with E-state index in [1.165, 1.54) is 0 Å². The topological polar surface area (TPSA) is 9.23 Å². The van der Waals surface area contributed by atoms with Crippen LogP contribution in [0.4, 0.5) is 4.39 Å². The predicted octanol–water partition coefficient (Wildman–Crippen LogP) is 3.86. The molecule has 3 heteroatoms. The fraction of sp³-hybridized carbons (Fsp3) is 0.692. The number of hydrogen-bond donors (Lipinski definition) is 0. The highest BCUT2D eigenvalue weighted by Gasteiger charge is 2.29. The second-order valence-corrected chi connectivity index (χ2v) is 5.85. The van der Waals surface area contributed by atoms with Crippen molar-refractivity contribution in [3.05, 3.63) is 23.2 Å². The molecule has 1 aliphatic rings. The van der Waals surface area contributed by atoms with Crippen LogP contribution in [0.2, 0.25) is 0 Å². The van der Waals surface area contributed by atoms with Crippen molar-refractivity contribution in [2.75, 3.05) is 0 Å². The predicted molar refractivity (Wildman–Crippen MR) is 65.8 cm³/mol. The zero-order chi connectivity index (χ0) is 12.6. The maximum Gasteiger partial charge on any atom is 0.161 e. The molecule has 1 rings (SSSR count). The molecule has 0 saturated carbocycles. The van der Waals surface area contributed by atoms with Crippen LogP contribution >= 0.6 is 0 Å². The van der Waals surface area contributed by atoms with Gasteiger partial charge in [0.05, 0.1) is 5.50 Å². The van der Waals surface area contributed by atoms with E-state index in [0.29, 0.717) is 5.76 Å². The lowest BCUT2D eigenvalue weighted by Crippen LogP contribution is -2.27. The first-order chi connectivity index (χ1) is 7.11. The second-order valence-electron chi connectivity index (χ2n) is 5.85. The Hall–Kier alpha value is -0.725. The van der Waals surface area contributed by atoms with Gasteiger partial charge < -0.3 is 4.74 Å². The Kier molecular flexibility index (Phi) is 3.56. The van der Waals surface area contributed by atoms with Gasteiger partial charge in [-0.3, -0.25) is 0 Å². The molecule has 0 bridgehead atoms. The normalized spacial score (nSPS) is 18.5. The summed E-state index contributed by atoms with van der Waals surface area (Å²) in [5.41, 5.74) is 0.0617. The molecule has 1 aliphatic carbocycles. The molecule has 88 valence electrons. The zero-order valence-electron chi connectivity index (χ0n) is 10.9. The summed E-state index contributed by atoms with van der Waals surface area (Å²) in [5, 5.41) is 0. The number of ether oxygens (including phenoxy) is 1. The smallest absolute Gasteiger partial charge is 0.161 e. The standard InChI is InChI=1S/C13H20BFO/c1-12(2,3)9-7-6-8-10(15)11(9)16-13(4,5)14/h8H,6-7H2,1-5H3. The fourth-order valence-electron chi connectivity index (χ4n) is 1.78. The minimum atomic E-state index is -0.853. The molecule has 0 atom stereocenters. The Balaban J connectivity index is 3.12. The summed E-state index contributed by atoms with van der Waals surface area (Å²) in [7, 11) is 5.78. The van der Waals surface area contributed by atoms with Gasteiger partial charge in [-0.2, -0.15) is 0 Å². The van der Waals surface area contributed by atoms with Gasteiger partial charge in [-0.05, 0) is 43.8 Å². The third-order valence-corrected chi connectivity index (χ3v) is 2.48. The molecular formula is C13H20BFO. The third-order valence-electron chi connectivity index (χ3n) is 2.48. The van der Waals surface area contributed by atoms with Crippen molar-refractivity contribution >= 4 is 7.85 Å². The third kappa shape index (κ3) is 3.39. The van der Waals surface area contributed by atoms with Gasteiger partial charge in [0.1, 0.15) is 7.85 Å². The summed E-state index contributed by atoms with van der Waals surface area (Å²) in [4.78, 5) is 0. The SMILES string of the molecule is [B]C(C)(C)OC1=C(C(C)(C)C)CCC=C1F. The quantitative estimate of drug-likeness (QED) is 0.644. The van der Waals surface area contributed by atoms with Crippen LogP contribution in [0.15, 0.2) is 23.2 Å². The maximum atomic E-state index is 13.8. The summed E-state index contributed by atoms with van der Waals surface area (Å²) in [5.74, 6) is 0.0564. The highest BCUT2D eigenvalue weighted by Crippen LogP contribution is 2.39. The molecule has 2 radical (unpaired) electrons. The van der Waals surface area contributed by atoms with Gasteiger partial charge in [0.15, 0.2) is 11.6 Å². The Bertz CT molecular complexity index is 329. The van der Waals surface area contributed by atoms with Crippen LogP contribution in [-0.4, -0.2) is 13.3 Å². The second kappa shape index (κ2) is 4.27. The Morgan fingerprint density at radius 1 is 1.25 bits per heavy atom. The molecule has 0 aromatic carbocycles. The van der Waals surface area contributed by atoms with Crippen LogP contribution in [0.5, 0.6) is 0 Å². The van der Waals surface area contributed by atoms with Crippen molar-refractivity contribution < 1.29 is 9.13 Å². The van der Waals surface area contributed by atoms with Crippen molar-refractivity contribution in [3.63, 3.8) is 0 Å². The van der Waals surface area contributed by atoms with Crippen molar-refractivity contribution in [2.45, 2.75) is 53.0 Å². The van der Waals surface area contributed by atoms with Gasteiger partial charge in [0, 0.05) is 0 Å². The monoisotopic (exact) mass is 222 g/mol. The van der Waals surface area contributed by atoms with E-state index in [1.807, 2.05) is 0 Å². The van der Waals surface area contributed by atoms with E-state index in [4.69, 9.17) is 12.6 Å². The minimum Gasteiger partial charge on any atom is -0.495 e. The van der Waals surface area contributed by atoms with E-state index in [-0.39, 0.29) is 11.2 Å². The molecule has 0 aliphatic heterocycles. The highest BCUT2D eigenvalue weighted by molar-refractivity contribution is 6.13. The van der Waals surface area contributed by atoms with Crippen LogP contribution in [0.1, 0.15) is 47.5 Å². The number of allylic oxidation sites excluding steroid dienone is 3. The van der Waals surface area contributed by atoms with Crippen molar-refractivity contribution in [3.8, 4) is 0 Å². The minimum absolute atomic E-state index is 0.0911. The summed E-state index contributed by atoms with van der Waals surface area (Å²) >= 11 is 0. The largest absolute Gasteiger partial charge is 0.495 e. The van der Waals surface area contributed by atoms with Gasteiger partial charge in [-0.25, -0.2) is 4.39 Å². The lowest BCUT2D eigenvalue weighted by atomic mass is 9.80. The molecular weight excluding hydrogens is 202 g/mol. The maximum absolute atomic E-state index is 13.8. The first-order valence-corrected chi connectivity index (χ1v) is 5.69. The molecule has 1 nitrogen and oxygen atoms in total. The number of halogens is 1. The summed E-state index contributed by atoms with van der Waals surface area (Å²) in [6.07, 6.45) is 3.13. The molecule has 0 saturated heterocycles. The summed E-state index contributed by atoms with van der Waals surface area (Å²) in [6, 6.07) is 0. The summed E-state index contributed by atoms with van der Waals surface area (Å²) < 4.78 is 19.3. The Labute approximate surface area is 99.2 Å². The van der Waals surface area contributed by atoms with Crippen LogP contribution in [0, 0.1) is 5.41 Å². The fourth-order valence-corrected chi connectivity index (χ4v) is 1.78. The molecule has 0 heterocycles.